The summed E-state index contributed by atoms with van der Waals surface area (Å²) in [6, 6.07) is 1.60. The highest BCUT2D eigenvalue weighted by Gasteiger charge is 2.21. The van der Waals surface area contributed by atoms with Crippen molar-refractivity contribution in [3.63, 3.8) is 0 Å². The van der Waals surface area contributed by atoms with E-state index >= 15 is 0 Å². The number of aromatic nitrogens is 3. The Morgan fingerprint density at radius 3 is 2.68 bits per heavy atom. The third-order valence-electron chi connectivity index (χ3n) is 2.86. The summed E-state index contributed by atoms with van der Waals surface area (Å²) in [7, 11) is -3.07. The lowest BCUT2D eigenvalue weighted by Crippen LogP contribution is -2.18. The van der Waals surface area contributed by atoms with Gasteiger partial charge in [-0.1, -0.05) is 0 Å². The van der Waals surface area contributed by atoms with Crippen LogP contribution in [0.3, 0.4) is 0 Å². The van der Waals surface area contributed by atoms with Gasteiger partial charge in [0.2, 0.25) is 0 Å². The topological polar surface area (TPSA) is 64.8 Å². The average Bonchev–Trinajstić information content (AvgIpc) is 2.65. The summed E-state index contributed by atoms with van der Waals surface area (Å²) in [5, 5.41) is -0.297. The summed E-state index contributed by atoms with van der Waals surface area (Å²) in [5.74, 6) is 0.720. The third-order valence-corrected chi connectivity index (χ3v) is 4.14. The van der Waals surface area contributed by atoms with Crippen LogP contribution in [-0.4, -0.2) is 35.0 Å². The number of sulfone groups is 1. The van der Waals surface area contributed by atoms with Gasteiger partial charge in [0, 0.05) is 18.5 Å². The Labute approximate surface area is 117 Å². The van der Waals surface area contributed by atoms with E-state index in [2.05, 4.69) is 9.97 Å². The van der Waals surface area contributed by atoms with Crippen molar-refractivity contribution in [2.75, 3.05) is 12.0 Å². The molecule has 0 aliphatic rings. The van der Waals surface area contributed by atoms with Gasteiger partial charge >= 0.3 is 0 Å². The first-order valence-corrected chi connectivity index (χ1v) is 8.43. The van der Waals surface area contributed by atoms with Crippen LogP contribution < -0.4 is 0 Å². The lowest BCUT2D eigenvalue weighted by atomic mass is 10.3. The number of halogens is 1. The van der Waals surface area contributed by atoms with Crippen LogP contribution in [-0.2, 0) is 9.84 Å². The molecule has 104 valence electrons. The molecule has 0 saturated carbocycles. The zero-order chi connectivity index (χ0) is 14.2. The van der Waals surface area contributed by atoms with Crippen LogP contribution in [0.15, 0.2) is 18.5 Å². The van der Waals surface area contributed by atoms with Crippen molar-refractivity contribution in [3.05, 3.63) is 24.3 Å². The second-order valence-electron chi connectivity index (χ2n) is 4.76. The van der Waals surface area contributed by atoms with E-state index in [4.69, 9.17) is 11.6 Å². The van der Waals surface area contributed by atoms with Crippen molar-refractivity contribution in [2.24, 2.45) is 0 Å². The highest BCUT2D eigenvalue weighted by Crippen LogP contribution is 2.28. The number of nitrogens with zero attached hydrogens (tertiary/aromatic N) is 3. The van der Waals surface area contributed by atoms with Gasteiger partial charge in [0.1, 0.15) is 21.2 Å². The van der Waals surface area contributed by atoms with E-state index in [0.717, 1.165) is 11.0 Å². The molecule has 0 spiro atoms. The molecule has 0 saturated heterocycles. The smallest absolute Gasteiger partial charge is 0.149 e. The van der Waals surface area contributed by atoms with Crippen LogP contribution in [0.2, 0.25) is 0 Å². The fourth-order valence-electron chi connectivity index (χ4n) is 2.23. The minimum absolute atomic E-state index is 0.0530. The molecule has 2 aromatic rings. The standard InChI is InChI=1S/C12H16ClN3O2S/c1-8(7-19(3,17)18)16-11-4-5-14-6-10(11)15-12(16)9(2)13/h4-6,8-9H,7H2,1-3H3. The Hall–Kier alpha value is -1.14. The van der Waals surface area contributed by atoms with Gasteiger partial charge in [0.15, 0.2) is 0 Å². The van der Waals surface area contributed by atoms with Crippen molar-refractivity contribution in [2.45, 2.75) is 25.3 Å². The molecular formula is C12H16ClN3O2S. The number of imidazole rings is 1. The first kappa shape index (κ1) is 14.3. The van der Waals surface area contributed by atoms with Crippen molar-refractivity contribution in [3.8, 4) is 0 Å². The Bertz CT molecular complexity index is 694. The summed E-state index contributed by atoms with van der Waals surface area (Å²) in [6.07, 6.45) is 4.55. The van der Waals surface area contributed by atoms with Gasteiger partial charge in [-0.3, -0.25) is 4.98 Å². The number of rotatable bonds is 4. The molecule has 0 aromatic carbocycles. The van der Waals surface area contributed by atoms with E-state index in [9.17, 15) is 8.42 Å². The van der Waals surface area contributed by atoms with Gasteiger partial charge in [0.25, 0.3) is 0 Å². The van der Waals surface area contributed by atoms with E-state index in [0.29, 0.717) is 5.82 Å². The van der Waals surface area contributed by atoms with Gasteiger partial charge in [-0.2, -0.15) is 0 Å². The zero-order valence-electron chi connectivity index (χ0n) is 11.0. The Balaban J connectivity index is 2.59. The van der Waals surface area contributed by atoms with E-state index in [1.54, 1.807) is 12.4 Å². The predicted molar refractivity (Wildman–Crippen MR) is 76.2 cm³/mol. The van der Waals surface area contributed by atoms with Gasteiger partial charge < -0.3 is 4.57 Å². The molecule has 2 unspecified atom stereocenters. The molecule has 0 aliphatic heterocycles. The van der Waals surface area contributed by atoms with Gasteiger partial charge in [-0.15, -0.1) is 11.6 Å². The van der Waals surface area contributed by atoms with Crippen LogP contribution in [0.5, 0.6) is 0 Å². The second-order valence-corrected chi connectivity index (χ2v) is 7.60. The fourth-order valence-corrected chi connectivity index (χ4v) is 3.41. The number of fused-ring (bicyclic) bond motifs is 1. The second kappa shape index (κ2) is 5.09. The van der Waals surface area contributed by atoms with Gasteiger partial charge in [-0.05, 0) is 19.9 Å². The lowest BCUT2D eigenvalue weighted by molar-refractivity contribution is 0.555. The Kier molecular flexibility index (Phi) is 3.82. The molecule has 2 atom stereocenters. The molecule has 0 bridgehead atoms. The van der Waals surface area contributed by atoms with Crippen molar-refractivity contribution < 1.29 is 8.42 Å². The van der Waals surface area contributed by atoms with Crippen molar-refractivity contribution >= 4 is 32.5 Å². The van der Waals surface area contributed by atoms with E-state index in [1.165, 1.54) is 6.26 Å². The minimum atomic E-state index is -3.07. The maximum Gasteiger partial charge on any atom is 0.149 e. The first-order chi connectivity index (χ1) is 8.79. The number of hydrogen-bond acceptors (Lipinski definition) is 4. The van der Waals surface area contributed by atoms with E-state index < -0.39 is 9.84 Å². The summed E-state index contributed by atoms with van der Waals surface area (Å²) in [4.78, 5) is 8.46. The quantitative estimate of drug-likeness (QED) is 0.813. The van der Waals surface area contributed by atoms with Crippen LogP contribution in [0.25, 0.3) is 11.0 Å². The summed E-state index contributed by atoms with van der Waals surface area (Å²) < 4.78 is 24.8. The number of alkyl halides is 1. The minimum Gasteiger partial charge on any atom is -0.323 e. The molecule has 7 heteroatoms. The molecule has 0 radical (unpaired) electrons. The Morgan fingerprint density at radius 2 is 2.11 bits per heavy atom. The SMILES string of the molecule is CC(Cl)c1nc2cnccc2n1C(C)CS(C)(=O)=O. The van der Waals surface area contributed by atoms with Crippen LogP contribution in [0.1, 0.15) is 31.1 Å². The van der Waals surface area contributed by atoms with Crippen LogP contribution >= 0.6 is 11.6 Å². The van der Waals surface area contributed by atoms with Crippen molar-refractivity contribution in [1.82, 2.24) is 14.5 Å². The Morgan fingerprint density at radius 1 is 1.42 bits per heavy atom. The first-order valence-electron chi connectivity index (χ1n) is 5.93. The molecule has 2 heterocycles. The molecule has 5 nitrogen and oxygen atoms in total. The van der Waals surface area contributed by atoms with Gasteiger partial charge in [0.05, 0.1) is 22.8 Å². The number of pyridine rings is 1. The third kappa shape index (κ3) is 3.06. The molecule has 19 heavy (non-hydrogen) atoms. The largest absolute Gasteiger partial charge is 0.323 e. The summed E-state index contributed by atoms with van der Waals surface area (Å²) in [5.41, 5.74) is 1.58. The zero-order valence-corrected chi connectivity index (χ0v) is 12.6. The lowest BCUT2D eigenvalue weighted by Gasteiger charge is -2.17. The molecular weight excluding hydrogens is 286 g/mol. The number of hydrogen-bond donors (Lipinski definition) is 0. The van der Waals surface area contributed by atoms with Crippen LogP contribution in [0, 0.1) is 0 Å². The van der Waals surface area contributed by atoms with E-state index in [1.807, 2.05) is 24.5 Å². The van der Waals surface area contributed by atoms with Crippen molar-refractivity contribution in [1.29, 1.82) is 0 Å². The molecule has 2 rings (SSSR count). The monoisotopic (exact) mass is 301 g/mol. The molecule has 0 N–H and O–H groups in total. The predicted octanol–water partition coefficient (Wildman–Crippen LogP) is 2.34. The summed E-state index contributed by atoms with van der Waals surface area (Å²) >= 11 is 6.14. The molecule has 0 amide bonds. The normalized spacial score (nSPS) is 15.6. The molecule has 2 aromatic heterocycles. The highest BCUT2D eigenvalue weighted by atomic mass is 35.5. The average molecular weight is 302 g/mol. The maximum absolute atomic E-state index is 11.5. The van der Waals surface area contributed by atoms with Gasteiger partial charge in [-0.25, -0.2) is 13.4 Å². The van der Waals surface area contributed by atoms with Crippen LogP contribution in [0.4, 0.5) is 0 Å². The fraction of sp³-hybridized carbons (Fsp3) is 0.500. The molecule has 0 aliphatic carbocycles. The van der Waals surface area contributed by atoms with E-state index in [-0.39, 0.29) is 17.2 Å². The maximum atomic E-state index is 11.5. The molecule has 0 fully saturated rings. The summed E-state index contributed by atoms with van der Waals surface area (Å²) in [6.45, 7) is 3.67. The highest BCUT2D eigenvalue weighted by molar-refractivity contribution is 7.90.